The summed E-state index contributed by atoms with van der Waals surface area (Å²) >= 11 is 0. The van der Waals surface area contributed by atoms with E-state index in [-0.39, 0.29) is 17.6 Å². The first-order valence-electron chi connectivity index (χ1n) is 7.98. The number of pyridine rings is 1. The second kappa shape index (κ2) is 6.76. The summed E-state index contributed by atoms with van der Waals surface area (Å²) in [4.78, 5) is 16.8. The number of guanidine groups is 1. The first-order chi connectivity index (χ1) is 12.0. The molecule has 2 heterocycles. The van der Waals surface area contributed by atoms with Gasteiger partial charge in [-0.15, -0.1) is 5.10 Å². The van der Waals surface area contributed by atoms with Crippen molar-refractivity contribution in [1.29, 1.82) is 0 Å². The standard InChI is InChI=1S/C17H20N6O2/c1-9-5-4-8-20-15(9)21-16(24)14-10(2)13-11(22-23-17(18)19)6-3-7-12(13)25-14/h4-5,8H,3,6-7H2,1-2H3,(H4,18,19,23)(H,20,21,24)/b22-11+. The molecule has 0 fully saturated rings. The molecule has 0 saturated heterocycles. The minimum absolute atomic E-state index is 0.107. The van der Waals surface area contributed by atoms with E-state index in [1.54, 1.807) is 6.20 Å². The zero-order valence-electron chi connectivity index (χ0n) is 14.2. The van der Waals surface area contributed by atoms with Gasteiger partial charge in [-0.1, -0.05) is 6.07 Å². The van der Waals surface area contributed by atoms with Crippen LogP contribution in [0.1, 0.15) is 45.8 Å². The SMILES string of the molecule is Cc1cccnc1NC(=O)c1oc2c(c1C)/C(=N/N=C(N)N)CCC2. The van der Waals surface area contributed by atoms with E-state index < -0.39 is 0 Å². The van der Waals surface area contributed by atoms with Crippen molar-refractivity contribution in [2.75, 3.05) is 5.32 Å². The van der Waals surface area contributed by atoms with E-state index in [0.717, 1.165) is 47.4 Å². The summed E-state index contributed by atoms with van der Waals surface area (Å²) in [5.74, 6) is 1.06. The normalized spacial score (nSPS) is 14.9. The van der Waals surface area contributed by atoms with Gasteiger partial charge in [-0.3, -0.25) is 4.79 Å². The van der Waals surface area contributed by atoms with Crippen LogP contribution in [0, 0.1) is 13.8 Å². The monoisotopic (exact) mass is 340 g/mol. The van der Waals surface area contributed by atoms with Crippen molar-refractivity contribution in [2.45, 2.75) is 33.1 Å². The predicted molar refractivity (Wildman–Crippen MR) is 95.7 cm³/mol. The number of amides is 1. The number of furan rings is 1. The first-order valence-corrected chi connectivity index (χ1v) is 7.98. The van der Waals surface area contributed by atoms with Crippen LogP contribution in [0.2, 0.25) is 0 Å². The van der Waals surface area contributed by atoms with Crippen molar-refractivity contribution in [3.8, 4) is 0 Å². The summed E-state index contributed by atoms with van der Waals surface area (Å²) in [7, 11) is 0. The minimum Gasteiger partial charge on any atom is -0.455 e. The Morgan fingerprint density at radius 3 is 2.84 bits per heavy atom. The second-order valence-corrected chi connectivity index (χ2v) is 5.90. The lowest BCUT2D eigenvalue weighted by Crippen LogP contribution is -2.22. The number of nitrogens with two attached hydrogens (primary N) is 2. The Morgan fingerprint density at radius 2 is 2.12 bits per heavy atom. The molecule has 2 aromatic rings. The number of carbonyl (C=O) groups excluding carboxylic acids is 1. The lowest BCUT2D eigenvalue weighted by atomic mass is 9.93. The van der Waals surface area contributed by atoms with Crippen molar-refractivity contribution >= 4 is 23.4 Å². The van der Waals surface area contributed by atoms with E-state index in [1.807, 2.05) is 26.0 Å². The van der Waals surface area contributed by atoms with Crippen LogP contribution >= 0.6 is 0 Å². The van der Waals surface area contributed by atoms with E-state index in [1.165, 1.54) is 0 Å². The van der Waals surface area contributed by atoms with Crippen molar-refractivity contribution in [1.82, 2.24) is 4.98 Å². The van der Waals surface area contributed by atoms with Gasteiger partial charge in [-0.25, -0.2) is 4.98 Å². The lowest BCUT2D eigenvalue weighted by Gasteiger charge is -2.11. The molecule has 25 heavy (non-hydrogen) atoms. The van der Waals surface area contributed by atoms with Crippen molar-refractivity contribution in [3.63, 3.8) is 0 Å². The Balaban J connectivity index is 1.95. The third-order valence-electron chi connectivity index (χ3n) is 4.06. The van der Waals surface area contributed by atoms with E-state index >= 15 is 0 Å². The molecule has 0 saturated carbocycles. The molecule has 0 atom stereocenters. The molecular weight excluding hydrogens is 320 g/mol. The van der Waals surface area contributed by atoms with E-state index in [9.17, 15) is 4.79 Å². The number of aromatic nitrogens is 1. The smallest absolute Gasteiger partial charge is 0.292 e. The summed E-state index contributed by atoms with van der Waals surface area (Å²) in [6.07, 6.45) is 3.96. The van der Waals surface area contributed by atoms with Crippen LogP contribution in [0.25, 0.3) is 0 Å². The molecule has 0 spiro atoms. The summed E-state index contributed by atoms with van der Waals surface area (Å²) in [5, 5.41) is 10.6. The molecule has 1 aliphatic carbocycles. The van der Waals surface area contributed by atoms with E-state index in [2.05, 4.69) is 20.5 Å². The third kappa shape index (κ3) is 3.37. The third-order valence-corrected chi connectivity index (χ3v) is 4.06. The second-order valence-electron chi connectivity index (χ2n) is 5.90. The summed E-state index contributed by atoms with van der Waals surface area (Å²) in [5.41, 5.74) is 13.8. The number of carbonyl (C=O) groups is 1. The highest BCUT2D eigenvalue weighted by Gasteiger charge is 2.28. The summed E-state index contributed by atoms with van der Waals surface area (Å²) in [6, 6.07) is 3.69. The van der Waals surface area contributed by atoms with Crippen LogP contribution in [0.15, 0.2) is 32.9 Å². The number of aryl methyl sites for hydroxylation is 2. The van der Waals surface area contributed by atoms with Crippen molar-refractivity contribution in [3.05, 3.63) is 46.5 Å². The minimum atomic E-state index is -0.338. The van der Waals surface area contributed by atoms with Gasteiger partial charge in [0.2, 0.25) is 5.96 Å². The van der Waals surface area contributed by atoms with Crippen molar-refractivity contribution < 1.29 is 9.21 Å². The maximum absolute atomic E-state index is 12.6. The van der Waals surface area contributed by atoms with Crippen molar-refractivity contribution in [2.24, 2.45) is 21.7 Å². The molecule has 130 valence electrons. The highest BCUT2D eigenvalue weighted by Crippen LogP contribution is 2.30. The van der Waals surface area contributed by atoms with Gasteiger partial charge < -0.3 is 21.2 Å². The van der Waals surface area contributed by atoms with Gasteiger partial charge in [0.1, 0.15) is 11.6 Å². The quantitative estimate of drug-likeness (QED) is 0.446. The zero-order valence-corrected chi connectivity index (χ0v) is 14.2. The van der Waals surface area contributed by atoms with Crippen LogP contribution < -0.4 is 16.8 Å². The van der Waals surface area contributed by atoms with Crippen LogP contribution in [-0.4, -0.2) is 22.6 Å². The van der Waals surface area contributed by atoms with Crippen LogP contribution in [0.3, 0.4) is 0 Å². The van der Waals surface area contributed by atoms with Gasteiger partial charge in [0.05, 0.1) is 5.71 Å². The first kappa shape index (κ1) is 16.7. The number of hydrogen-bond acceptors (Lipinski definition) is 5. The molecule has 1 aliphatic rings. The average molecular weight is 340 g/mol. The fourth-order valence-electron chi connectivity index (χ4n) is 2.88. The number of anilines is 1. The fraction of sp³-hybridized carbons (Fsp3) is 0.294. The van der Waals surface area contributed by atoms with Gasteiger partial charge >= 0.3 is 0 Å². The highest BCUT2D eigenvalue weighted by molar-refractivity contribution is 6.09. The molecule has 0 unspecified atom stereocenters. The fourth-order valence-corrected chi connectivity index (χ4v) is 2.88. The Labute approximate surface area is 145 Å². The predicted octanol–water partition coefficient (Wildman–Crippen LogP) is 1.86. The molecule has 3 rings (SSSR count). The van der Waals surface area contributed by atoms with Crippen LogP contribution in [-0.2, 0) is 6.42 Å². The molecule has 0 aromatic carbocycles. The van der Waals surface area contributed by atoms with E-state index in [4.69, 9.17) is 15.9 Å². The number of fused-ring (bicyclic) bond motifs is 1. The zero-order chi connectivity index (χ0) is 18.0. The Morgan fingerprint density at radius 1 is 1.32 bits per heavy atom. The number of nitrogens with zero attached hydrogens (tertiary/aromatic N) is 3. The molecule has 8 nitrogen and oxygen atoms in total. The molecule has 5 N–H and O–H groups in total. The molecule has 0 bridgehead atoms. The largest absolute Gasteiger partial charge is 0.455 e. The van der Waals surface area contributed by atoms with Gasteiger partial charge in [-0.05, 0) is 38.3 Å². The molecule has 1 amide bonds. The highest BCUT2D eigenvalue weighted by atomic mass is 16.4. The number of rotatable bonds is 3. The van der Waals surface area contributed by atoms with Crippen LogP contribution in [0.5, 0.6) is 0 Å². The number of nitrogens with one attached hydrogen (secondary N) is 1. The lowest BCUT2D eigenvalue weighted by molar-refractivity contribution is 0.0993. The molecule has 0 aliphatic heterocycles. The van der Waals surface area contributed by atoms with E-state index in [0.29, 0.717) is 5.82 Å². The average Bonchev–Trinajstić information content (AvgIpc) is 2.93. The molecule has 0 radical (unpaired) electrons. The van der Waals surface area contributed by atoms with Gasteiger partial charge in [0.25, 0.3) is 5.91 Å². The summed E-state index contributed by atoms with van der Waals surface area (Å²) in [6.45, 7) is 3.71. The molecule has 8 heteroatoms. The molecule has 2 aromatic heterocycles. The van der Waals surface area contributed by atoms with Gasteiger partial charge in [0, 0.05) is 23.7 Å². The Kier molecular flexibility index (Phi) is 4.51. The Bertz CT molecular complexity index is 877. The maximum Gasteiger partial charge on any atom is 0.292 e. The topological polar surface area (TPSA) is 132 Å². The molecular formula is C17H20N6O2. The summed E-state index contributed by atoms with van der Waals surface area (Å²) < 4.78 is 5.82. The Hall–Kier alpha value is -3.16. The van der Waals surface area contributed by atoms with Gasteiger partial charge in [0.15, 0.2) is 5.76 Å². The maximum atomic E-state index is 12.6. The van der Waals surface area contributed by atoms with Crippen LogP contribution in [0.4, 0.5) is 5.82 Å². The number of hydrogen-bond donors (Lipinski definition) is 3. The van der Waals surface area contributed by atoms with Gasteiger partial charge in [-0.2, -0.15) is 5.10 Å².